The van der Waals surface area contributed by atoms with Crippen LogP contribution in [0.25, 0.3) is 0 Å². The van der Waals surface area contributed by atoms with Gasteiger partial charge in [0.25, 0.3) is 0 Å². The van der Waals surface area contributed by atoms with Crippen molar-refractivity contribution in [2.45, 2.75) is 90.4 Å². The summed E-state index contributed by atoms with van der Waals surface area (Å²) in [7, 11) is 0. The van der Waals surface area contributed by atoms with Crippen LogP contribution in [0.4, 0.5) is 0 Å². The van der Waals surface area contributed by atoms with Crippen molar-refractivity contribution in [3.63, 3.8) is 0 Å². The third kappa shape index (κ3) is 15.2. The molecule has 0 heterocycles. The van der Waals surface area contributed by atoms with Crippen molar-refractivity contribution in [3.8, 4) is 0 Å². The molecule has 0 fully saturated rings. The van der Waals surface area contributed by atoms with E-state index < -0.39 is 0 Å². The van der Waals surface area contributed by atoms with Crippen molar-refractivity contribution in [1.82, 2.24) is 0 Å². The Morgan fingerprint density at radius 1 is 0.800 bits per heavy atom. The maximum Gasteiger partial charge on any atom is 0.155 e. The summed E-state index contributed by atoms with van der Waals surface area (Å²) in [5.74, 6) is 0.180. The summed E-state index contributed by atoms with van der Waals surface area (Å²) in [5.41, 5.74) is 0. The highest BCUT2D eigenvalue weighted by Crippen LogP contribution is 2.09. The Hall–Kier alpha value is -0.850. The number of allylic oxidation sites excluding steroid dienone is 3. The first kappa shape index (κ1) is 19.1. The molecule has 0 N–H and O–H groups in total. The molecule has 0 aliphatic rings. The van der Waals surface area contributed by atoms with Gasteiger partial charge in [0.15, 0.2) is 5.78 Å². The average molecular weight is 278 g/mol. The maximum atomic E-state index is 11.0. The van der Waals surface area contributed by atoms with Crippen molar-refractivity contribution < 1.29 is 4.79 Å². The van der Waals surface area contributed by atoms with E-state index in [0.29, 0.717) is 6.42 Å². The molecule has 0 spiro atoms. The predicted molar refractivity (Wildman–Crippen MR) is 90.0 cm³/mol. The van der Waals surface area contributed by atoms with Crippen LogP contribution in [0.3, 0.4) is 0 Å². The van der Waals surface area contributed by atoms with Crippen LogP contribution in [0.15, 0.2) is 24.8 Å². The summed E-state index contributed by atoms with van der Waals surface area (Å²) in [6, 6.07) is 0. The fourth-order valence-corrected chi connectivity index (χ4v) is 2.30. The van der Waals surface area contributed by atoms with Crippen LogP contribution in [0.1, 0.15) is 90.4 Å². The molecule has 0 aliphatic carbocycles. The summed E-state index contributed by atoms with van der Waals surface area (Å²) in [4.78, 5) is 11.0. The van der Waals surface area contributed by atoms with E-state index in [9.17, 15) is 4.79 Å². The summed E-state index contributed by atoms with van der Waals surface area (Å²) in [6.07, 6.45) is 22.2. The lowest BCUT2D eigenvalue weighted by Gasteiger charge is -1.99. The predicted octanol–water partition coefficient (Wildman–Crippen LogP) is 6.39. The van der Waals surface area contributed by atoms with Crippen LogP contribution < -0.4 is 0 Å². The van der Waals surface area contributed by atoms with Gasteiger partial charge in [0, 0.05) is 6.42 Å². The zero-order chi connectivity index (χ0) is 14.9. The Morgan fingerprint density at radius 3 is 1.85 bits per heavy atom. The molecule has 0 saturated heterocycles. The van der Waals surface area contributed by atoms with Crippen molar-refractivity contribution in [2.75, 3.05) is 0 Å². The summed E-state index contributed by atoms with van der Waals surface area (Å²) in [5, 5.41) is 0. The van der Waals surface area contributed by atoms with Crippen LogP contribution in [0.2, 0.25) is 0 Å². The molecule has 0 aliphatic heterocycles. The minimum atomic E-state index is 0.180. The van der Waals surface area contributed by atoms with E-state index in [1.807, 2.05) is 0 Å². The molecule has 0 rings (SSSR count). The number of ketones is 1. The third-order valence-electron chi connectivity index (χ3n) is 3.66. The molecule has 0 bridgehead atoms. The van der Waals surface area contributed by atoms with Gasteiger partial charge in [-0.2, -0.15) is 0 Å². The molecule has 0 atom stereocenters. The number of hydrogen-bond acceptors (Lipinski definition) is 1. The van der Waals surface area contributed by atoms with Gasteiger partial charge < -0.3 is 0 Å². The summed E-state index contributed by atoms with van der Waals surface area (Å²) in [6.45, 7) is 5.75. The average Bonchev–Trinajstić information content (AvgIpc) is 2.47. The van der Waals surface area contributed by atoms with E-state index in [0.717, 1.165) is 12.8 Å². The van der Waals surface area contributed by atoms with Gasteiger partial charge in [0.1, 0.15) is 0 Å². The Morgan fingerprint density at radius 2 is 1.30 bits per heavy atom. The Labute approximate surface area is 126 Å². The van der Waals surface area contributed by atoms with Crippen molar-refractivity contribution in [2.24, 2.45) is 0 Å². The van der Waals surface area contributed by atoms with Gasteiger partial charge in [-0.15, -0.1) is 0 Å². The van der Waals surface area contributed by atoms with E-state index in [-0.39, 0.29) is 5.78 Å². The number of carbonyl (C=O) groups is 1. The second-order valence-corrected chi connectivity index (χ2v) is 5.65. The topological polar surface area (TPSA) is 17.1 Å². The molecule has 0 amide bonds. The van der Waals surface area contributed by atoms with Crippen molar-refractivity contribution in [1.29, 1.82) is 0 Å². The zero-order valence-electron chi connectivity index (χ0n) is 13.5. The minimum absolute atomic E-state index is 0.180. The molecule has 1 nitrogen and oxygen atoms in total. The molecule has 20 heavy (non-hydrogen) atoms. The number of unbranched alkanes of at least 4 members (excludes halogenated alkanes) is 10. The lowest BCUT2D eigenvalue weighted by molar-refractivity contribution is -0.114. The first-order valence-electron chi connectivity index (χ1n) is 8.61. The van der Waals surface area contributed by atoms with Crippen LogP contribution >= 0.6 is 0 Å². The Balaban J connectivity index is 3.12. The van der Waals surface area contributed by atoms with E-state index in [1.54, 1.807) is 0 Å². The fraction of sp³-hybridized carbons (Fsp3) is 0.737. The van der Waals surface area contributed by atoms with Gasteiger partial charge in [-0.1, -0.05) is 70.6 Å². The molecule has 0 aromatic heterocycles. The van der Waals surface area contributed by atoms with Gasteiger partial charge in [-0.25, -0.2) is 0 Å². The minimum Gasteiger partial charge on any atom is -0.295 e. The maximum absolute atomic E-state index is 11.0. The Bertz CT molecular complexity index is 252. The van der Waals surface area contributed by atoms with Crippen LogP contribution in [-0.2, 0) is 4.79 Å². The summed E-state index contributed by atoms with van der Waals surface area (Å²) >= 11 is 0. The fourth-order valence-electron chi connectivity index (χ4n) is 2.30. The first-order chi connectivity index (χ1) is 9.81. The van der Waals surface area contributed by atoms with E-state index in [2.05, 4.69) is 25.7 Å². The zero-order valence-corrected chi connectivity index (χ0v) is 13.5. The van der Waals surface area contributed by atoms with Crippen LogP contribution in [0.5, 0.6) is 0 Å². The normalized spacial score (nSPS) is 11.1. The van der Waals surface area contributed by atoms with Gasteiger partial charge in [0.05, 0.1) is 0 Å². The van der Waals surface area contributed by atoms with E-state index in [1.165, 1.54) is 70.3 Å². The molecule has 1 heteroatoms. The van der Waals surface area contributed by atoms with Gasteiger partial charge in [0.2, 0.25) is 0 Å². The highest BCUT2D eigenvalue weighted by Gasteiger charge is 1.94. The molecule has 0 aromatic carbocycles. The number of rotatable bonds is 15. The highest BCUT2D eigenvalue weighted by molar-refractivity contribution is 5.88. The Kier molecular flexibility index (Phi) is 15.5. The number of hydrogen-bond donors (Lipinski definition) is 0. The van der Waals surface area contributed by atoms with Crippen LogP contribution in [-0.4, -0.2) is 5.78 Å². The lowest BCUT2D eigenvalue weighted by atomic mass is 10.1. The largest absolute Gasteiger partial charge is 0.295 e. The highest BCUT2D eigenvalue weighted by atomic mass is 16.1. The van der Waals surface area contributed by atoms with Gasteiger partial charge >= 0.3 is 0 Å². The SMILES string of the molecule is C=CC(=O)CCCCCC=CCCCCCCCCC. The van der Waals surface area contributed by atoms with E-state index >= 15 is 0 Å². The van der Waals surface area contributed by atoms with Gasteiger partial charge in [-0.3, -0.25) is 4.79 Å². The molecule has 0 radical (unpaired) electrons. The molecule has 0 saturated carbocycles. The number of carbonyl (C=O) groups excluding carboxylic acids is 1. The van der Waals surface area contributed by atoms with Crippen molar-refractivity contribution in [3.05, 3.63) is 24.8 Å². The molecule has 116 valence electrons. The summed E-state index contributed by atoms with van der Waals surface area (Å²) < 4.78 is 0. The lowest BCUT2D eigenvalue weighted by Crippen LogP contribution is -1.90. The standard InChI is InChI=1S/C19H34O/c1-3-5-6-7-8-9-10-11-12-13-14-15-16-17-18-19(20)4-2/h4,12-13H,2-3,5-11,14-18H2,1H3. The first-order valence-corrected chi connectivity index (χ1v) is 8.61. The second-order valence-electron chi connectivity index (χ2n) is 5.65. The van der Waals surface area contributed by atoms with Crippen LogP contribution in [0, 0.1) is 0 Å². The quantitative estimate of drug-likeness (QED) is 0.193. The monoisotopic (exact) mass is 278 g/mol. The molecule has 0 unspecified atom stereocenters. The van der Waals surface area contributed by atoms with E-state index in [4.69, 9.17) is 0 Å². The third-order valence-corrected chi connectivity index (χ3v) is 3.66. The second kappa shape index (κ2) is 16.2. The van der Waals surface area contributed by atoms with Crippen molar-refractivity contribution >= 4 is 5.78 Å². The molecule has 0 aromatic rings. The molecular weight excluding hydrogens is 244 g/mol. The van der Waals surface area contributed by atoms with Gasteiger partial charge in [-0.05, 0) is 38.2 Å². The molecular formula is C19H34O. The smallest absolute Gasteiger partial charge is 0.155 e.